The molecule has 1 aromatic rings. The molecule has 1 aromatic carbocycles. The van der Waals surface area contributed by atoms with Crippen LogP contribution >= 0.6 is 0 Å². The molecule has 2 atom stereocenters. The van der Waals surface area contributed by atoms with Crippen molar-refractivity contribution in [2.24, 2.45) is 0 Å². The zero-order valence-corrected chi connectivity index (χ0v) is 8.37. The van der Waals surface area contributed by atoms with Crippen molar-refractivity contribution < 1.29 is 9.13 Å². The number of rotatable bonds is 2. The second-order valence-electron chi connectivity index (χ2n) is 3.73. The van der Waals surface area contributed by atoms with Gasteiger partial charge in [0.25, 0.3) is 0 Å². The summed E-state index contributed by atoms with van der Waals surface area (Å²) in [6.07, 6.45) is 1.19. The number of fused-ring (bicyclic) bond motifs is 1. The van der Waals surface area contributed by atoms with Gasteiger partial charge in [0, 0.05) is 0 Å². The number of benzene rings is 1. The van der Waals surface area contributed by atoms with E-state index in [-0.39, 0.29) is 6.10 Å². The highest BCUT2D eigenvalue weighted by Crippen LogP contribution is 2.29. The Hall–Kier alpha value is -1.05. The van der Waals surface area contributed by atoms with Crippen molar-refractivity contribution in [2.75, 3.05) is 0 Å². The van der Waals surface area contributed by atoms with E-state index in [0.29, 0.717) is 6.42 Å². The van der Waals surface area contributed by atoms with E-state index < -0.39 is 6.17 Å². The van der Waals surface area contributed by atoms with E-state index >= 15 is 0 Å². The number of hydrogen-bond donors (Lipinski definition) is 0. The van der Waals surface area contributed by atoms with Gasteiger partial charge in [-0.1, -0.05) is 25.1 Å². The summed E-state index contributed by atoms with van der Waals surface area (Å²) in [6.45, 7) is 1.86. The van der Waals surface area contributed by atoms with E-state index in [2.05, 4.69) is 0 Å². The summed E-state index contributed by atoms with van der Waals surface area (Å²) in [5.41, 5.74) is 1.20. The molecular formula is C12H15FO. The van der Waals surface area contributed by atoms with Gasteiger partial charge in [-0.25, -0.2) is 4.39 Å². The molecule has 0 radical (unpaired) electrons. The molecule has 0 aliphatic carbocycles. The predicted octanol–water partition coefficient (Wildman–Crippen LogP) is 3.13. The van der Waals surface area contributed by atoms with E-state index in [1.54, 1.807) is 0 Å². The quantitative estimate of drug-likeness (QED) is 0.702. The third-order valence-electron chi connectivity index (χ3n) is 2.74. The van der Waals surface area contributed by atoms with Crippen LogP contribution in [0.4, 0.5) is 4.39 Å². The highest BCUT2D eigenvalue weighted by Gasteiger charge is 2.25. The van der Waals surface area contributed by atoms with Crippen molar-refractivity contribution in [3.63, 3.8) is 0 Å². The topological polar surface area (TPSA) is 9.23 Å². The van der Waals surface area contributed by atoms with Gasteiger partial charge in [-0.05, 0) is 30.9 Å². The highest BCUT2D eigenvalue weighted by molar-refractivity contribution is 5.35. The first-order valence-corrected chi connectivity index (χ1v) is 5.20. The van der Waals surface area contributed by atoms with Crippen LogP contribution in [-0.2, 0) is 6.42 Å². The number of aryl methyl sites for hydroxylation is 1. The first-order valence-electron chi connectivity index (χ1n) is 5.20. The van der Waals surface area contributed by atoms with Crippen LogP contribution in [0.1, 0.15) is 25.3 Å². The molecule has 1 aliphatic heterocycles. The summed E-state index contributed by atoms with van der Waals surface area (Å²) >= 11 is 0. The Balaban J connectivity index is 2.13. The third-order valence-corrected chi connectivity index (χ3v) is 2.74. The number of alkyl halides is 1. The minimum atomic E-state index is -0.830. The van der Waals surface area contributed by atoms with Crippen LogP contribution in [0.2, 0.25) is 0 Å². The minimum absolute atomic E-state index is 0.241. The zero-order valence-electron chi connectivity index (χ0n) is 8.37. The molecule has 0 amide bonds. The molecule has 76 valence electrons. The third kappa shape index (κ3) is 1.74. The van der Waals surface area contributed by atoms with Crippen LogP contribution < -0.4 is 4.74 Å². The second kappa shape index (κ2) is 3.99. The zero-order chi connectivity index (χ0) is 9.97. The van der Waals surface area contributed by atoms with Gasteiger partial charge in [-0.15, -0.1) is 0 Å². The Morgan fingerprint density at radius 3 is 3.07 bits per heavy atom. The molecule has 2 rings (SSSR count). The summed E-state index contributed by atoms with van der Waals surface area (Å²) < 4.78 is 19.0. The van der Waals surface area contributed by atoms with Gasteiger partial charge in [0.15, 0.2) is 0 Å². The number of halogens is 1. The van der Waals surface area contributed by atoms with Crippen LogP contribution in [0.15, 0.2) is 24.3 Å². The summed E-state index contributed by atoms with van der Waals surface area (Å²) in [5, 5.41) is 0. The molecule has 14 heavy (non-hydrogen) atoms. The van der Waals surface area contributed by atoms with Crippen molar-refractivity contribution in [2.45, 2.75) is 38.5 Å². The summed E-state index contributed by atoms with van der Waals surface area (Å²) in [7, 11) is 0. The standard InChI is InChI=1S/C12H15FO/c1-2-10(13)12-8-7-9-5-3-4-6-11(9)14-12/h3-6,10,12H,2,7-8H2,1H3. The Labute approximate surface area is 83.9 Å². The molecule has 0 spiro atoms. The monoisotopic (exact) mass is 194 g/mol. The number of ether oxygens (including phenoxy) is 1. The molecule has 2 heteroatoms. The van der Waals surface area contributed by atoms with E-state index in [4.69, 9.17) is 4.74 Å². The summed E-state index contributed by atoms with van der Waals surface area (Å²) in [5.74, 6) is 0.861. The molecule has 0 saturated heterocycles. The lowest BCUT2D eigenvalue weighted by molar-refractivity contribution is 0.0790. The molecule has 0 bridgehead atoms. The van der Waals surface area contributed by atoms with E-state index in [0.717, 1.165) is 18.6 Å². The first-order chi connectivity index (χ1) is 6.81. The fourth-order valence-electron chi connectivity index (χ4n) is 1.86. The van der Waals surface area contributed by atoms with Crippen molar-refractivity contribution in [1.82, 2.24) is 0 Å². The highest BCUT2D eigenvalue weighted by atomic mass is 19.1. The summed E-state index contributed by atoms with van der Waals surface area (Å²) in [6, 6.07) is 7.89. The van der Waals surface area contributed by atoms with Crippen LogP contribution in [0, 0.1) is 0 Å². The van der Waals surface area contributed by atoms with Gasteiger partial charge >= 0.3 is 0 Å². The van der Waals surface area contributed by atoms with Crippen LogP contribution in [-0.4, -0.2) is 12.3 Å². The first kappa shape index (κ1) is 9.50. The van der Waals surface area contributed by atoms with E-state index in [1.807, 2.05) is 31.2 Å². The lowest BCUT2D eigenvalue weighted by Gasteiger charge is -2.27. The second-order valence-corrected chi connectivity index (χ2v) is 3.73. The number of para-hydroxylation sites is 1. The maximum Gasteiger partial charge on any atom is 0.137 e. The maximum absolute atomic E-state index is 13.4. The Morgan fingerprint density at radius 1 is 1.50 bits per heavy atom. The van der Waals surface area contributed by atoms with Gasteiger partial charge in [-0.2, -0.15) is 0 Å². The SMILES string of the molecule is CCC(F)C1CCc2ccccc2O1. The van der Waals surface area contributed by atoms with E-state index in [1.165, 1.54) is 5.56 Å². The van der Waals surface area contributed by atoms with Gasteiger partial charge < -0.3 is 4.74 Å². The lowest BCUT2D eigenvalue weighted by atomic mass is 9.99. The molecule has 2 unspecified atom stereocenters. The fourth-order valence-corrected chi connectivity index (χ4v) is 1.86. The molecule has 1 heterocycles. The number of hydrogen-bond acceptors (Lipinski definition) is 1. The van der Waals surface area contributed by atoms with E-state index in [9.17, 15) is 4.39 Å². The van der Waals surface area contributed by atoms with Gasteiger partial charge in [-0.3, -0.25) is 0 Å². The van der Waals surface area contributed by atoms with Gasteiger partial charge in [0.05, 0.1) is 0 Å². The molecule has 0 fully saturated rings. The predicted molar refractivity (Wildman–Crippen MR) is 54.4 cm³/mol. The van der Waals surface area contributed by atoms with Gasteiger partial charge in [0.2, 0.25) is 0 Å². The lowest BCUT2D eigenvalue weighted by Crippen LogP contribution is -2.31. The van der Waals surface area contributed by atoms with Crippen LogP contribution in [0.5, 0.6) is 5.75 Å². The fraction of sp³-hybridized carbons (Fsp3) is 0.500. The Bertz CT molecular complexity index is 311. The molecule has 1 aliphatic rings. The molecule has 0 aromatic heterocycles. The van der Waals surface area contributed by atoms with Crippen LogP contribution in [0.3, 0.4) is 0 Å². The molecule has 0 N–H and O–H groups in total. The van der Waals surface area contributed by atoms with Crippen molar-refractivity contribution in [3.8, 4) is 5.75 Å². The van der Waals surface area contributed by atoms with Crippen molar-refractivity contribution >= 4 is 0 Å². The van der Waals surface area contributed by atoms with Crippen molar-refractivity contribution in [3.05, 3.63) is 29.8 Å². The Morgan fingerprint density at radius 2 is 2.29 bits per heavy atom. The Kier molecular flexibility index (Phi) is 2.71. The average molecular weight is 194 g/mol. The van der Waals surface area contributed by atoms with Gasteiger partial charge in [0.1, 0.15) is 18.0 Å². The smallest absolute Gasteiger partial charge is 0.137 e. The normalized spacial score (nSPS) is 22.3. The maximum atomic E-state index is 13.4. The molecule has 0 saturated carbocycles. The summed E-state index contributed by atoms with van der Waals surface area (Å²) in [4.78, 5) is 0. The largest absolute Gasteiger partial charge is 0.487 e. The minimum Gasteiger partial charge on any atom is -0.487 e. The average Bonchev–Trinajstić information content (AvgIpc) is 2.27. The molecular weight excluding hydrogens is 179 g/mol. The van der Waals surface area contributed by atoms with Crippen LogP contribution in [0.25, 0.3) is 0 Å². The molecule has 1 nitrogen and oxygen atoms in total. The van der Waals surface area contributed by atoms with Crippen molar-refractivity contribution in [1.29, 1.82) is 0 Å².